The van der Waals surface area contributed by atoms with Crippen molar-refractivity contribution in [2.24, 2.45) is 0 Å². The van der Waals surface area contributed by atoms with E-state index in [0.717, 1.165) is 0 Å². The molecule has 0 unspecified atom stereocenters. The maximum Gasteiger partial charge on any atom is 0.197 e. The van der Waals surface area contributed by atoms with E-state index in [1.807, 2.05) is 18.2 Å². The second-order valence-corrected chi connectivity index (χ2v) is 7.30. The average molecular weight is 404 g/mol. The minimum atomic E-state index is -1.48. The molecule has 5 nitrogen and oxygen atoms in total. The zero-order valence-electron chi connectivity index (χ0n) is 17.0. The Morgan fingerprint density at radius 2 is 1.33 bits per heavy atom. The van der Waals surface area contributed by atoms with E-state index in [1.54, 1.807) is 60.7 Å². The molecule has 0 aliphatic heterocycles. The number of ketones is 2. The highest BCUT2D eigenvalue weighted by Crippen LogP contribution is 2.23. The molecule has 3 aromatic carbocycles. The van der Waals surface area contributed by atoms with Gasteiger partial charge in [0.15, 0.2) is 11.6 Å². The van der Waals surface area contributed by atoms with Gasteiger partial charge in [-0.05, 0) is 50.2 Å². The number of Topliss-reactive ketones (excluding diaryl/α,β-unsaturated/α-hetero) is 1. The number of hydrogen-bond donors (Lipinski definition) is 1. The van der Waals surface area contributed by atoms with Crippen LogP contribution in [0.3, 0.4) is 0 Å². The van der Waals surface area contributed by atoms with Crippen molar-refractivity contribution in [1.29, 1.82) is 0 Å². The quantitative estimate of drug-likeness (QED) is 0.425. The molecule has 0 fully saturated rings. The first-order valence-corrected chi connectivity index (χ1v) is 9.68. The number of para-hydroxylation sites is 1. The fourth-order valence-electron chi connectivity index (χ4n) is 2.88. The molecule has 30 heavy (non-hydrogen) atoms. The van der Waals surface area contributed by atoms with Crippen LogP contribution in [0.5, 0.6) is 11.5 Å². The lowest BCUT2D eigenvalue weighted by Crippen LogP contribution is -2.31. The summed E-state index contributed by atoms with van der Waals surface area (Å²) in [6.45, 7) is 3.38. The maximum absolute atomic E-state index is 12.4. The molecular formula is C25H24O5. The van der Waals surface area contributed by atoms with Gasteiger partial charge in [0.25, 0.3) is 0 Å². The fourth-order valence-corrected chi connectivity index (χ4v) is 2.88. The molecule has 1 N–H and O–H groups in total. The van der Waals surface area contributed by atoms with Gasteiger partial charge < -0.3 is 14.6 Å². The smallest absolute Gasteiger partial charge is 0.197 e. The van der Waals surface area contributed by atoms with Gasteiger partial charge in [0.1, 0.15) is 30.3 Å². The van der Waals surface area contributed by atoms with Crippen molar-refractivity contribution in [3.63, 3.8) is 0 Å². The molecule has 0 bridgehead atoms. The number of benzene rings is 3. The van der Waals surface area contributed by atoms with Crippen LogP contribution in [0.2, 0.25) is 0 Å². The molecular weight excluding hydrogens is 380 g/mol. The Labute approximate surface area is 175 Å². The van der Waals surface area contributed by atoms with Crippen LogP contribution in [0.1, 0.15) is 40.1 Å². The van der Waals surface area contributed by atoms with Crippen LogP contribution < -0.4 is 9.47 Å². The van der Waals surface area contributed by atoms with Gasteiger partial charge in [-0.3, -0.25) is 9.59 Å². The molecule has 5 heteroatoms. The third-order valence-electron chi connectivity index (χ3n) is 4.45. The lowest BCUT2D eigenvalue weighted by atomic mass is 9.96. The van der Waals surface area contributed by atoms with Crippen molar-refractivity contribution < 1.29 is 24.2 Å². The van der Waals surface area contributed by atoms with Crippen LogP contribution in [-0.2, 0) is 0 Å². The minimum Gasteiger partial charge on any atom is -0.490 e. The van der Waals surface area contributed by atoms with Gasteiger partial charge in [0.2, 0.25) is 0 Å². The summed E-state index contributed by atoms with van der Waals surface area (Å²) in [4.78, 5) is 24.8. The van der Waals surface area contributed by atoms with Gasteiger partial charge in [-0.25, -0.2) is 0 Å². The molecule has 0 radical (unpaired) electrons. The second kappa shape index (κ2) is 9.37. The topological polar surface area (TPSA) is 72.8 Å². The standard InChI is InChI=1S/C25H24O5/c1-25(2,28)24(27)21-10-6-7-11-22(21)30-17-16-29-20-14-12-19(13-15-20)23(26)18-8-4-3-5-9-18/h3-15,28H,16-17H2,1-2H3. The molecule has 0 saturated carbocycles. The molecule has 0 heterocycles. The Morgan fingerprint density at radius 1 is 0.767 bits per heavy atom. The monoisotopic (exact) mass is 404 g/mol. The number of rotatable bonds is 9. The SMILES string of the molecule is CC(C)(O)C(=O)c1ccccc1OCCOc1ccc(C(=O)c2ccccc2)cc1. The summed E-state index contributed by atoms with van der Waals surface area (Å²) in [5.41, 5.74) is 0.0750. The molecule has 0 saturated heterocycles. The van der Waals surface area contributed by atoms with E-state index in [4.69, 9.17) is 9.47 Å². The molecule has 3 rings (SSSR count). The van der Waals surface area contributed by atoms with E-state index in [9.17, 15) is 14.7 Å². The normalized spacial score (nSPS) is 11.0. The van der Waals surface area contributed by atoms with Gasteiger partial charge in [-0.1, -0.05) is 42.5 Å². The molecule has 0 aliphatic rings. The Hall–Kier alpha value is -3.44. The summed E-state index contributed by atoms with van der Waals surface area (Å²) in [6, 6.07) is 22.8. The van der Waals surface area contributed by atoms with Crippen molar-refractivity contribution in [2.75, 3.05) is 13.2 Å². The van der Waals surface area contributed by atoms with Crippen molar-refractivity contribution >= 4 is 11.6 Å². The van der Waals surface area contributed by atoms with Gasteiger partial charge in [-0.15, -0.1) is 0 Å². The summed E-state index contributed by atoms with van der Waals surface area (Å²) in [7, 11) is 0. The zero-order valence-corrected chi connectivity index (χ0v) is 17.0. The predicted molar refractivity (Wildman–Crippen MR) is 114 cm³/mol. The summed E-state index contributed by atoms with van der Waals surface area (Å²) in [5, 5.41) is 9.96. The summed E-state index contributed by atoms with van der Waals surface area (Å²) in [6.07, 6.45) is 0. The first kappa shape index (κ1) is 21.3. The summed E-state index contributed by atoms with van der Waals surface area (Å²) in [5.74, 6) is 0.567. The Kier molecular flexibility index (Phi) is 6.65. The van der Waals surface area contributed by atoms with E-state index < -0.39 is 11.4 Å². The van der Waals surface area contributed by atoms with E-state index in [1.165, 1.54) is 13.8 Å². The minimum absolute atomic E-state index is 0.0430. The first-order chi connectivity index (χ1) is 14.4. The van der Waals surface area contributed by atoms with Crippen molar-refractivity contribution in [3.05, 3.63) is 95.6 Å². The van der Waals surface area contributed by atoms with E-state index in [-0.39, 0.29) is 19.0 Å². The molecule has 3 aromatic rings. The third-order valence-corrected chi connectivity index (χ3v) is 4.45. The molecule has 154 valence electrons. The van der Waals surface area contributed by atoms with E-state index in [0.29, 0.717) is 28.2 Å². The third kappa shape index (κ3) is 5.33. The number of carbonyl (C=O) groups excluding carboxylic acids is 2. The lowest BCUT2D eigenvalue weighted by Gasteiger charge is -2.18. The first-order valence-electron chi connectivity index (χ1n) is 9.68. The highest BCUT2D eigenvalue weighted by atomic mass is 16.5. The van der Waals surface area contributed by atoms with Crippen LogP contribution in [0, 0.1) is 0 Å². The Morgan fingerprint density at radius 3 is 2.00 bits per heavy atom. The molecule has 0 amide bonds. The summed E-state index contributed by atoms with van der Waals surface area (Å²) >= 11 is 0. The molecule has 0 atom stereocenters. The van der Waals surface area contributed by atoms with Crippen LogP contribution in [0.4, 0.5) is 0 Å². The van der Waals surface area contributed by atoms with Crippen LogP contribution in [0.25, 0.3) is 0 Å². The number of hydrogen-bond acceptors (Lipinski definition) is 5. The Bertz CT molecular complexity index is 1000. The number of carbonyl (C=O) groups is 2. The van der Waals surface area contributed by atoms with Crippen LogP contribution in [0.15, 0.2) is 78.9 Å². The molecule has 0 aromatic heterocycles. The van der Waals surface area contributed by atoms with E-state index >= 15 is 0 Å². The molecule has 0 aliphatic carbocycles. The molecule has 0 spiro atoms. The van der Waals surface area contributed by atoms with Gasteiger partial charge in [0.05, 0.1) is 5.56 Å². The second-order valence-electron chi connectivity index (χ2n) is 7.30. The number of aliphatic hydroxyl groups is 1. The van der Waals surface area contributed by atoms with Crippen molar-refractivity contribution in [2.45, 2.75) is 19.4 Å². The highest BCUT2D eigenvalue weighted by Gasteiger charge is 2.27. The van der Waals surface area contributed by atoms with Crippen molar-refractivity contribution in [1.82, 2.24) is 0 Å². The van der Waals surface area contributed by atoms with Gasteiger partial charge >= 0.3 is 0 Å². The highest BCUT2D eigenvalue weighted by molar-refractivity contribution is 6.09. The van der Waals surface area contributed by atoms with Gasteiger partial charge in [0, 0.05) is 11.1 Å². The lowest BCUT2D eigenvalue weighted by molar-refractivity contribution is 0.0483. The number of ether oxygens (including phenoxy) is 2. The van der Waals surface area contributed by atoms with Crippen LogP contribution >= 0.6 is 0 Å². The van der Waals surface area contributed by atoms with E-state index in [2.05, 4.69) is 0 Å². The summed E-state index contributed by atoms with van der Waals surface area (Å²) < 4.78 is 11.3. The van der Waals surface area contributed by atoms with Crippen molar-refractivity contribution in [3.8, 4) is 11.5 Å². The predicted octanol–water partition coefficient (Wildman–Crippen LogP) is 4.33. The largest absolute Gasteiger partial charge is 0.490 e. The zero-order chi connectivity index (χ0) is 21.6. The van der Waals surface area contributed by atoms with Crippen LogP contribution in [-0.4, -0.2) is 35.5 Å². The average Bonchev–Trinajstić information content (AvgIpc) is 2.76. The maximum atomic E-state index is 12.4. The van der Waals surface area contributed by atoms with Gasteiger partial charge in [-0.2, -0.15) is 0 Å². The Balaban J connectivity index is 1.54. The fraction of sp³-hybridized carbons (Fsp3) is 0.200.